The molecule has 6 heteroatoms. The molecule has 2 aromatic rings. The van der Waals surface area contributed by atoms with Crippen molar-refractivity contribution in [2.45, 2.75) is 33.7 Å². The number of anilines is 1. The van der Waals surface area contributed by atoms with E-state index in [1.807, 2.05) is 24.6 Å². The van der Waals surface area contributed by atoms with Crippen LogP contribution < -0.4 is 10.1 Å². The minimum absolute atomic E-state index is 0.601. The molecule has 0 bridgehead atoms. The maximum Gasteiger partial charge on any atom is 0.218 e. The molecule has 0 aliphatic carbocycles. The quantitative estimate of drug-likeness (QED) is 0.785. The number of aromatic nitrogens is 4. The van der Waals surface area contributed by atoms with E-state index in [9.17, 15) is 0 Å². The van der Waals surface area contributed by atoms with Crippen molar-refractivity contribution >= 4 is 5.82 Å². The summed E-state index contributed by atoms with van der Waals surface area (Å²) in [4.78, 5) is 8.20. The van der Waals surface area contributed by atoms with Crippen LogP contribution in [0.15, 0.2) is 18.5 Å². The van der Waals surface area contributed by atoms with Gasteiger partial charge in [0.1, 0.15) is 12.1 Å². The Morgan fingerprint density at radius 2 is 2.10 bits per heavy atom. The average molecular weight is 275 g/mol. The van der Waals surface area contributed by atoms with E-state index in [1.54, 1.807) is 0 Å². The third-order valence-corrected chi connectivity index (χ3v) is 2.89. The zero-order valence-corrected chi connectivity index (χ0v) is 12.3. The molecule has 2 heterocycles. The van der Waals surface area contributed by atoms with Gasteiger partial charge in [-0.2, -0.15) is 5.10 Å². The third kappa shape index (κ3) is 3.94. The largest absolute Gasteiger partial charge is 0.478 e. The molecule has 20 heavy (non-hydrogen) atoms. The summed E-state index contributed by atoms with van der Waals surface area (Å²) in [5, 5.41) is 7.70. The highest BCUT2D eigenvalue weighted by atomic mass is 16.5. The summed E-state index contributed by atoms with van der Waals surface area (Å²) in [7, 11) is 0. The maximum absolute atomic E-state index is 5.34. The van der Waals surface area contributed by atoms with E-state index >= 15 is 0 Å². The molecule has 2 aromatic heterocycles. The van der Waals surface area contributed by atoms with E-state index in [1.165, 1.54) is 12.0 Å². The minimum Gasteiger partial charge on any atom is -0.478 e. The lowest BCUT2D eigenvalue weighted by molar-refractivity contribution is 0.326. The number of hydrogen-bond acceptors (Lipinski definition) is 5. The second-order valence-electron chi connectivity index (χ2n) is 4.61. The van der Waals surface area contributed by atoms with Crippen LogP contribution >= 0.6 is 0 Å². The van der Waals surface area contributed by atoms with E-state index < -0.39 is 0 Å². The standard InChI is InChI=1S/C14H21N5O/c1-4-20-14-9-13(16-10-17-14)15-6-5-7-19-12(3)8-11(2)18-19/h8-10H,4-7H2,1-3H3,(H,15,16,17). The van der Waals surface area contributed by atoms with Gasteiger partial charge in [0.25, 0.3) is 0 Å². The fourth-order valence-corrected chi connectivity index (χ4v) is 2.01. The van der Waals surface area contributed by atoms with Crippen LogP contribution in [0.1, 0.15) is 24.7 Å². The van der Waals surface area contributed by atoms with Gasteiger partial charge in [0.05, 0.1) is 12.3 Å². The van der Waals surface area contributed by atoms with Crippen molar-refractivity contribution in [1.82, 2.24) is 19.7 Å². The van der Waals surface area contributed by atoms with Gasteiger partial charge in [-0.3, -0.25) is 4.68 Å². The molecule has 0 aliphatic rings. The Morgan fingerprint density at radius 3 is 2.80 bits per heavy atom. The zero-order valence-electron chi connectivity index (χ0n) is 12.3. The molecule has 0 saturated carbocycles. The van der Waals surface area contributed by atoms with Crippen molar-refractivity contribution in [3.63, 3.8) is 0 Å². The molecule has 6 nitrogen and oxygen atoms in total. The van der Waals surface area contributed by atoms with Crippen molar-refractivity contribution in [2.24, 2.45) is 0 Å². The van der Waals surface area contributed by atoms with Gasteiger partial charge in [-0.1, -0.05) is 0 Å². The number of ether oxygens (including phenoxy) is 1. The predicted octanol–water partition coefficient (Wildman–Crippen LogP) is 2.19. The van der Waals surface area contributed by atoms with Gasteiger partial charge >= 0.3 is 0 Å². The fraction of sp³-hybridized carbons (Fsp3) is 0.500. The fourth-order valence-electron chi connectivity index (χ4n) is 2.01. The van der Waals surface area contributed by atoms with Crippen molar-refractivity contribution in [2.75, 3.05) is 18.5 Å². The monoisotopic (exact) mass is 275 g/mol. The first kappa shape index (κ1) is 14.3. The molecule has 0 aliphatic heterocycles. The molecule has 1 N–H and O–H groups in total. The number of nitrogens with zero attached hydrogens (tertiary/aromatic N) is 4. The lowest BCUT2D eigenvalue weighted by atomic mass is 10.4. The summed E-state index contributed by atoms with van der Waals surface area (Å²) in [6.07, 6.45) is 2.49. The lowest BCUT2D eigenvalue weighted by Crippen LogP contribution is -2.10. The summed E-state index contributed by atoms with van der Waals surface area (Å²) in [5.74, 6) is 1.39. The summed E-state index contributed by atoms with van der Waals surface area (Å²) in [6, 6.07) is 3.90. The number of nitrogens with one attached hydrogen (secondary N) is 1. The van der Waals surface area contributed by atoms with Gasteiger partial charge in [-0.15, -0.1) is 0 Å². The van der Waals surface area contributed by atoms with Crippen LogP contribution in [0.4, 0.5) is 5.82 Å². The van der Waals surface area contributed by atoms with E-state index in [0.29, 0.717) is 12.5 Å². The minimum atomic E-state index is 0.601. The van der Waals surface area contributed by atoms with E-state index in [4.69, 9.17) is 4.74 Å². The van der Waals surface area contributed by atoms with Gasteiger partial charge in [0, 0.05) is 24.8 Å². The highest BCUT2D eigenvalue weighted by molar-refractivity contribution is 5.36. The van der Waals surface area contributed by atoms with Crippen LogP contribution in [0.3, 0.4) is 0 Å². The normalized spacial score (nSPS) is 10.6. The molecule has 0 radical (unpaired) electrons. The van der Waals surface area contributed by atoms with Gasteiger partial charge in [-0.05, 0) is 33.3 Å². The number of hydrogen-bond donors (Lipinski definition) is 1. The average Bonchev–Trinajstić information content (AvgIpc) is 2.74. The van der Waals surface area contributed by atoms with Gasteiger partial charge in [-0.25, -0.2) is 9.97 Å². The highest BCUT2D eigenvalue weighted by Gasteiger charge is 2.01. The zero-order chi connectivity index (χ0) is 14.4. The van der Waals surface area contributed by atoms with Crippen LogP contribution in [-0.2, 0) is 6.54 Å². The van der Waals surface area contributed by atoms with E-state index in [2.05, 4.69) is 33.4 Å². The van der Waals surface area contributed by atoms with Crippen molar-refractivity contribution in [1.29, 1.82) is 0 Å². The first-order valence-electron chi connectivity index (χ1n) is 6.89. The topological polar surface area (TPSA) is 64.9 Å². The Kier molecular flexibility index (Phi) is 4.92. The van der Waals surface area contributed by atoms with Gasteiger partial charge in [0.15, 0.2) is 0 Å². The summed E-state index contributed by atoms with van der Waals surface area (Å²) in [6.45, 7) is 8.36. The smallest absolute Gasteiger partial charge is 0.218 e. The third-order valence-electron chi connectivity index (χ3n) is 2.89. The predicted molar refractivity (Wildman–Crippen MR) is 78.0 cm³/mol. The molecule has 0 fully saturated rings. The molecule has 108 valence electrons. The molecule has 0 atom stereocenters. The van der Waals surface area contributed by atoms with Crippen LogP contribution in [0, 0.1) is 13.8 Å². The molecular formula is C14H21N5O. The second kappa shape index (κ2) is 6.88. The van der Waals surface area contributed by atoms with E-state index in [0.717, 1.165) is 31.0 Å². The Hall–Kier alpha value is -2.11. The summed E-state index contributed by atoms with van der Waals surface area (Å²) < 4.78 is 7.37. The van der Waals surface area contributed by atoms with Crippen LogP contribution in [0.5, 0.6) is 5.88 Å². The Labute approximate surface area is 119 Å². The summed E-state index contributed by atoms with van der Waals surface area (Å²) in [5.41, 5.74) is 2.26. The molecule has 0 spiro atoms. The molecule has 0 aromatic carbocycles. The lowest BCUT2D eigenvalue weighted by Gasteiger charge is -2.08. The summed E-state index contributed by atoms with van der Waals surface area (Å²) >= 11 is 0. The van der Waals surface area contributed by atoms with Crippen LogP contribution in [0.25, 0.3) is 0 Å². The molecule has 0 saturated heterocycles. The first-order valence-corrected chi connectivity index (χ1v) is 6.89. The van der Waals surface area contributed by atoms with Crippen LogP contribution in [-0.4, -0.2) is 32.9 Å². The van der Waals surface area contributed by atoms with Gasteiger partial charge < -0.3 is 10.1 Å². The Morgan fingerprint density at radius 1 is 1.25 bits per heavy atom. The molecule has 2 rings (SSSR count). The van der Waals surface area contributed by atoms with Crippen LogP contribution in [0.2, 0.25) is 0 Å². The van der Waals surface area contributed by atoms with Gasteiger partial charge in [0.2, 0.25) is 5.88 Å². The number of aryl methyl sites for hydroxylation is 3. The number of rotatable bonds is 7. The van der Waals surface area contributed by atoms with E-state index in [-0.39, 0.29) is 0 Å². The molecule has 0 amide bonds. The van der Waals surface area contributed by atoms with Crippen molar-refractivity contribution in [3.05, 3.63) is 29.8 Å². The van der Waals surface area contributed by atoms with Crippen molar-refractivity contribution in [3.8, 4) is 5.88 Å². The Balaban J connectivity index is 1.78. The SMILES string of the molecule is CCOc1cc(NCCCn2nc(C)cc2C)ncn1. The first-order chi connectivity index (χ1) is 9.69. The second-order valence-corrected chi connectivity index (χ2v) is 4.61. The highest BCUT2D eigenvalue weighted by Crippen LogP contribution is 2.10. The maximum atomic E-state index is 5.34. The molecule has 0 unspecified atom stereocenters. The molecular weight excluding hydrogens is 254 g/mol. The Bertz CT molecular complexity index is 552. The van der Waals surface area contributed by atoms with Crippen molar-refractivity contribution < 1.29 is 4.74 Å².